The fourth-order valence-corrected chi connectivity index (χ4v) is 5.22. The summed E-state index contributed by atoms with van der Waals surface area (Å²) in [4.78, 5) is 0. The van der Waals surface area contributed by atoms with Gasteiger partial charge >= 0.3 is 0 Å². The molecule has 23 heavy (non-hydrogen) atoms. The highest BCUT2D eigenvalue weighted by atomic mass is 31.2. The van der Waals surface area contributed by atoms with E-state index in [-0.39, 0.29) is 6.16 Å². The van der Waals surface area contributed by atoms with Crippen molar-refractivity contribution in [2.45, 2.75) is 0 Å². The molecule has 0 amide bonds. The molecule has 0 aliphatic carbocycles. The molecular weight excluding hydrogens is 301 g/mol. The average molecular weight is 319 g/mol. The molecule has 0 aliphatic heterocycles. The summed E-state index contributed by atoms with van der Waals surface area (Å²) >= 11 is 0. The highest BCUT2D eigenvalue weighted by molar-refractivity contribution is 7.79. The van der Waals surface area contributed by atoms with E-state index >= 15 is 0 Å². The number of rotatable bonds is 5. The lowest BCUT2D eigenvalue weighted by Crippen LogP contribution is -2.22. The molecule has 0 fully saturated rings. The zero-order valence-corrected chi connectivity index (χ0v) is 13.6. The summed E-state index contributed by atoms with van der Waals surface area (Å²) in [6, 6.07) is 28.5. The Morgan fingerprint density at radius 2 is 1.09 bits per heavy atom. The molecule has 0 saturated carbocycles. The third kappa shape index (κ3) is 3.33. The number of hydrogen-bond donors (Lipinski definition) is 1. The van der Waals surface area contributed by atoms with Gasteiger partial charge < -0.3 is 9.97 Å². The first kappa shape index (κ1) is 15.5. The molecule has 0 bridgehead atoms. The van der Waals surface area contributed by atoms with Gasteiger partial charge in [-0.2, -0.15) is 0 Å². The molecule has 0 saturated heterocycles. The standard InChI is InChI=1S/C20H18NOP/c21-20(17-10-4-1-5-11-17)16-23(22,18-12-6-2-7-13-18)19-14-8-3-9-15-19/h1-15,21H,16H2. The van der Waals surface area contributed by atoms with Gasteiger partial charge in [0.05, 0.1) is 6.16 Å². The quantitative estimate of drug-likeness (QED) is 0.559. The van der Waals surface area contributed by atoms with Crippen molar-refractivity contribution < 1.29 is 4.57 Å². The molecule has 0 spiro atoms. The van der Waals surface area contributed by atoms with E-state index in [0.29, 0.717) is 5.71 Å². The van der Waals surface area contributed by atoms with E-state index in [9.17, 15) is 4.57 Å². The average Bonchev–Trinajstić information content (AvgIpc) is 2.64. The van der Waals surface area contributed by atoms with E-state index in [2.05, 4.69) is 0 Å². The molecule has 0 aromatic heterocycles. The van der Waals surface area contributed by atoms with Crippen molar-refractivity contribution in [1.29, 1.82) is 5.41 Å². The SMILES string of the molecule is N=C(CP(=O)(c1ccccc1)c1ccccc1)c1ccccc1. The van der Waals surface area contributed by atoms with Crippen LogP contribution in [0, 0.1) is 5.41 Å². The molecule has 0 atom stereocenters. The van der Waals surface area contributed by atoms with Crippen molar-refractivity contribution in [3.8, 4) is 0 Å². The van der Waals surface area contributed by atoms with E-state index in [4.69, 9.17) is 5.41 Å². The maximum Gasteiger partial charge on any atom is 0.148 e. The Morgan fingerprint density at radius 1 is 0.696 bits per heavy atom. The van der Waals surface area contributed by atoms with Gasteiger partial charge in [-0.25, -0.2) is 0 Å². The van der Waals surface area contributed by atoms with Crippen LogP contribution in [0.1, 0.15) is 5.56 Å². The van der Waals surface area contributed by atoms with Gasteiger partial charge in [0, 0.05) is 16.3 Å². The van der Waals surface area contributed by atoms with Gasteiger partial charge in [0.1, 0.15) is 7.14 Å². The van der Waals surface area contributed by atoms with Crippen LogP contribution in [-0.2, 0) is 4.57 Å². The fourth-order valence-electron chi connectivity index (χ4n) is 2.62. The summed E-state index contributed by atoms with van der Waals surface area (Å²) < 4.78 is 13.9. The van der Waals surface area contributed by atoms with Crippen molar-refractivity contribution in [3.05, 3.63) is 96.6 Å². The molecule has 2 nitrogen and oxygen atoms in total. The first-order valence-electron chi connectivity index (χ1n) is 7.53. The van der Waals surface area contributed by atoms with Crippen LogP contribution in [0.5, 0.6) is 0 Å². The summed E-state index contributed by atoms with van der Waals surface area (Å²) in [6.07, 6.45) is 0.227. The van der Waals surface area contributed by atoms with Crippen LogP contribution >= 0.6 is 7.14 Å². The second-order valence-corrected chi connectivity index (χ2v) is 8.24. The molecule has 0 aliphatic rings. The minimum Gasteiger partial charge on any atom is -0.313 e. The largest absolute Gasteiger partial charge is 0.313 e. The van der Waals surface area contributed by atoms with Crippen LogP contribution in [0.3, 0.4) is 0 Å². The highest BCUT2D eigenvalue weighted by Crippen LogP contribution is 2.43. The highest BCUT2D eigenvalue weighted by Gasteiger charge is 2.28. The third-order valence-corrected chi connectivity index (χ3v) is 6.88. The molecule has 3 aromatic rings. The Labute approximate surface area is 136 Å². The molecule has 3 heteroatoms. The number of nitrogens with one attached hydrogen (secondary N) is 1. The van der Waals surface area contributed by atoms with Crippen molar-refractivity contribution in [3.63, 3.8) is 0 Å². The molecule has 0 unspecified atom stereocenters. The van der Waals surface area contributed by atoms with E-state index in [0.717, 1.165) is 16.2 Å². The van der Waals surface area contributed by atoms with Gasteiger partial charge in [0.25, 0.3) is 0 Å². The van der Waals surface area contributed by atoms with Crippen LogP contribution in [0.4, 0.5) is 0 Å². The van der Waals surface area contributed by atoms with Crippen LogP contribution in [0.2, 0.25) is 0 Å². The predicted octanol–water partition coefficient (Wildman–Crippen LogP) is 4.07. The van der Waals surface area contributed by atoms with Crippen molar-refractivity contribution in [2.24, 2.45) is 0 Å². The molecule has 114 valence electrons. The van der Waals surface area contributed by atoms with Crippen LogP contribution in [0.15, 0.2) is 91.0 Å². The first-order chi connectivity index (χ1) is 11.2. The Bertz CT molecular complexity index is 786. The maximum absolute atomic E-state index is 13.9. The number of hydrogen-bond acceptors (Lipinski definition) is 2. The van der Waals surface area contributed by atoms with Crippen LogP contribution in [0.25, 0.3) is 0 Å². The summed E-state index contributed by atoms with van der Waals surface area (Å²) in [6.45, 7) is 0. The predicted molar refractivity (Wildman–Crippen MR) is 97.9 cm³/mol. The van der Waals surface area contributed by atoms with E-state index in [1.54, 1.807) is 0 Å². The Kier molecular flexibility index (Phi) is 4.55. The van der Waals surface area contributed by atoms with Crippen LogP contribution in [-0.4, -0.2) is 11.9 Å². The molecular formula is C20H18NOP. The van der Waals surface area contributed by atoms with E-state index < -0.39 is 7.14 Å². The minimum absolute atomic E-state index is 0.227. The first-order valence-corrected chi connectivity index (χ1v) is 9.42. The maximum atomic E-state index is 13.9. The molecule has 3 aromatic carbocycles. The van der Waals surface area contributed by atoms with Crippen molar-refractivity contribution >= 4 is 23.5 Å². The molecule has 3 rings (SSSR count). The van der Waals surface area contributed by atoms with Crippen LogP contribution < -0.4 is 10.6 Å². The van der Waals surface area contributed by atoms with Gasteiger partial charge in [0.15, 0.2) is 0 Å². The third-order valence-electron chi connectivity index (χ3n) is 3.85. The van der Waals surface area contributed by atoms with E-state index in [1.165, 1.54) is 0 Å². The summed E-state index contributed by atoms with van der Waals surface area (Å²) in [5, 5.41) is 10.0. The topological polar surface area (TPSA) is 40.9 Å². The second-order valence-electron chi connectivity index (χ2n) is 5.41. The zero-order valence-electron chi connectivity index (χ0n) is 12.7. The Balaban J connectivity index is 2.04. The van der Waals surface area contributed by atoms with Gasteiger partial charge in [-0.05, 0) is 5.56 Å². The summed E-state index contributed by atoms with van der Waals surface area (Å²) in [5.41, 5.74) is 1.22. The zero-order chi connectivity index (χ0) is 16.1. The van der Waals surface area contributed by atoms with Gasteiger partial charge in [0.2, 0.25) is 0 Å². The van der Waals surface area contributed by atoms with Gasteiger partial charge in [-0.3, -0.25) is 0 Å². The van der Waals surface area contributed by atoms with Crippen molar-refractivity contribution in [1.82, 2.24) is 0 Å². The Hall–Kier alpha value is -2.44. The van der Waals surface area contributed by atoms with Gasteiger partial charge in [-0.15, -0.1) is 0 Å². The minimum atomic E-state index is -2.87. The fraction of sp³-hybridized carbons (Fsp3) is 0.0500. The summed E-state index contributed by atoms with van der Waals surface area (Å²) in [7, 11) is -2.87. The lowest BCUT2D eigenvalue weighted by Gasteiger charge is -2.20. The molecule has 0 radical (unpaired) electrons. The molecule has 1 N–H and O–H groups in total. The van der Waals surface area contributed by atoms with E-state index in [1.807, 2.05) is 91.0 Å². The van der Waals surface area contributed by atoms with Gasteiger partial charge in [-0.1, -0.05) is 91.0 Å². The lowest BCUT2D eigenvalue weighted by atomic mass is 10.1. The van der Waals surface area contributed by atoms with Crippen molar-refractivity contribution in [2.75, 3.05) is 6.16 Å². The normalized spacial score (nSPS) is 11.1. The lowest BCUT2D eigenvalue weighted by molar-refractivity contribution is 0.589. The monoisotopic (exact) mass is 319 g/mol. The second kappa shape index (κ2) is 6.76. The summed E-state index contributed by atoms with van der Waals surface area (Å²) in [5.74, 6) is 0. The molecule has 0 heterocycles. The smallest absolute Gasteiger partial charge is 0.148 e. The number of benzene rings is 3. The Morgan fingerprint density at radius 3 is 1.52 bits per heavy atom.